The highest BCUT2D eigenvalue weighted by molar-refractivity contribution is 9.10. The second-order valence-electron chi connectivity index (χ2n) is 4.85. The average molecular weight is 299 g/mol. The fourth-order valence-corrected chi connectivity index (χ4v) is 2.77. The Morgan fingerprint density at radius 1 is 1.47 bits per heavy atom. The number of halogens is 1. The van der Waals surface area contributed by atoms with E-state index >= 15 is 0 Å². The quantitative estimate of drug-likeness (QED) is 0.901. The third-order valence-corrected chi connectivity index (χ3v) is 4.02. The lowest BCUT2D eigenvalue weighted by Crippen LogP contribution is -2.21. The molecule has 94 valence electrons. The molecule has 1 N–H and O–H groups in total. The average Bonchev–Trinajstić information content (AvgIpc) is 2.24. The summed E-state index contributed by atoms with van der Waals surface area (Å²) in [5, 5.41) is 10.1. The highest BCUT2D eigenvalue weighted by Gasteiger charge is 2.21. The van der Waals surface area contributed by atoms with E-state index in [2.05, 4.69) is 15.9 Å². The smallest absolute Gasteiger partial charge is 0.122 e. The van der Waals surface area contributed by atoms with E-state index in [1.54, 1.807) is 7.11 Å². The molecular formula is C14H19BrO2. The molecule has 1 saturated carbocycles. The fourth-order valence-electron chi connectivity index (χ4n) is 2.36. The summed E-state index contributed by atoms with van der Waals surface area (Å²) in [6.07, 6.45) is 5.26. The Hall–Kier alpha value is -0.540. The van der Waals surface area contributed by atoms with Gasteiger partial charge in [0.2, 0.25) is 0 Å². The molecular weight excluding hydrogens is 280 g/mol. The molecule has 0 radical (unpaired) electrons. The van der Waals surface area contributed by atoms with Crippen molar-refractivity contribution in [3.05, 3.63) is 28.2 Å². The molecule has 0 aromatic heterocycles. The van der Waals surface area contributed by atoms with Crippen molar-refractivity contribution in [3.8, 4) is 5.75 Å². The van der Waals surface area contributed by atoms with Crippen molar-refractivity contribution in [1.29, 1.82) is 0 Å². The number of hydrogen-bond donors (Lipinski definition) is 1. The van der Waals surface area contributed by atoms with Crippen molar-refractivity contribution in [2.75, 3.05) is 7.11 Å². The first-order chi connectivity index (χ1) is 8.19. The lowest BCUT2D eigenvalue weighted by Gasteiger charge is -2.27. The van der Waals surface area contributed by atoms with Gasteiger partial charge in [0, 0.05) is 10.9 Å². The minimum Gasteiger partial charge on any atom is -0.496 e. The van der Waals surface area contributed by atoms with Crippen LogP contribution in [-0.4, -0.2) is 18.3 Å². The Labute approximate surface area is 111 Å². The molecule has 1 fully saturated rings. The lowest BCUT2D eigenvalue weighted by molar-refractivity contribution is 0.117. The van der Waals surface area contributed by atoms with Crippen LogP contribution in [0.25, 0.3) is 0 Å². The molecule has 1 aromatic rings. The molecule has 1 aliphatic carbocycles. The molecule has 1 unspecified atom stereocenters. The summed E-state index contributed by atoms with van der Waals surface area (Å²) >= 11 is 3.45. The predicted molar refractivity (Wildman–Crippen MR) is 72.4 cm³/mol. The third-order valence-electron chi connectivity index (χ3n) is 3.53. The largest absolute Gasteiger partial charge is 0.496 e. The summed E-state index contributed by atoms with van der Waals surface area (Å²) < 4.78 is 6.35. The van der Waals surface area contributed by atoms with Gasteiger partial charge in [-0.3, -0.25) is 0 Å². The highest BCUT2D eigenvalue weighted by Crippen LogP contribution is 2.32. The number of hydrogen-bond acceptors (Lipinski definition) is 2. The number of ether oxygens (including phenoxy) is 1. The molecule has 0 amide bonds. The predicted octanol–water partition coefficient (Wildman–Crippen LogP) is 3.55. The zero-order valence-corrected chi connectivity index (χ0v) is 11.7. The van der Waals surface area contributed by atoms with Crippen LogP contribution in [-0.2, 0) is 6.42 Å². The van der Waals surface area contributed by atoms with E-state index in [1.807, 2.05) is 18.2 Å². The SMILES string of the molecule is COc1ccc(Br)cc1CC(O)CC1CCC1. The summed E-state index contributed by atoms with van der Waals surface area (Å²) in [5.41, 5.74) is 1.08. The first kappa shape index (κ1) is 12.9. The Balaban J connectivity index is 1.98. The second kappa shape index (κ2) is 5.87. The van der Waals surface area contributed by atoms with Gasteiger partial charge in [-0.25, -0.2) is 0 Å². The van der Waals surface area contributed by atoms with Crippen molar-refractivity contribution < 1.29 is 9.84 Å². The number of methoxy groups -OCH3 is 1. The molecule has 0 heterocycles. The van der Waals surface area contributed by atoms with Crippen LogP contribution in [0, 0.1) is 5.92 Å². The maximum atomic E-state index is 10.1. The monoisotopic (exact) mass is 298 g/mol. The number of aliphatic hydroxyl groups is 1. The minimum absolute atomic E-state index is 0.247. The standard InChI is InChI=1S/C14H19BrO2/c1-17-14-6-5-12(15)8-11(14)9-13(16)7-10-3-2-4-10/h5-6,8,10,13,16H,2-4,7,9H2,1H3. The maximum Gasteiger partial charge on any atom is 0.122 e. The first-order valence-corrected chi connectivity index (χ1v) is 6.99. The van der Waals surface area contributed by atoms with E-state index in [9.17, 15) is 5.11 Å². The van der Waals surface area contributed by atoms with Crippen molar-refractivity contribution in [1.82, 2.24) is 0 Å². The summed E-state index contributed by atoms with van der Waals surface area (Å²) in [6, 6.07) is 5.93. The van der Waals surface area contributed by atoms with Gasteiger partial charge in [-0.1, -0.05) is 35.2 Å². The summed E-state index contributed by atoms with van der Waals surface area (Å²) in [4.78, 5) is 0. The van der Waals surface area contributed by atoms with Crippen LogP contribution in [0.1, 0.15) is 31.2 Å². The van der Waals surface area contributed by atoms with Crippen LogP contribution in [0.3, 0.4) is 0 Å². The summed E-state index contributed by atoms with van der Waals surface area (Å²) in [7, 11) is 1.67. The molecule has 17 heavy (non-hydrogen) atoms. The molecule has 2 nitrogen and oxygen atoms in total. The van der Waals surface area contributed by atoms with E-state index < -0.39 is 0 Å². The van der Waals surface area contributed by atoms with E-state index in [4.69, 9.17) is 4.74 Å². The highest BCUT2D eigenvalue weighted by atomic mass is 79.9. The maximum absolute atomic E-state index is 10.1. The Bertz CT molecular complexity index is 374. The third kappa shape index (κ3) is 3.46. The van der Waals surface area contributed by atoms with Gasteiger partial charge in [0.1, 0.15) is 5.75 Å². The summed E-state index contributed by atoms with van der Waals surface area (Å²) in [5.74, 6) is 1.60. The molecule has 2 rings (SSSR count). The van der Waals surface area contributed by atoms with Crippen molar-refractivity contribution in [3.63, 3.8) is 0 Å². The van der Waals surface area contributed by atoms with E-state index in [-0.39, 0.29) is 6.10 Å². The van der Waals surface area contributed by atoms with Gasteiger partial charge in [0.15, 0.2) is 0 Å². The van der Waals surface area contributed by atoms with Crippen LogP contribution >= 0.6 is 15.9 Å². The normalized spacial score (nSPS) is 17.6. The fraction of sp³-hybridized carbons (Fsp3) is 0.571. The van der Waals surface area contributed by atoms with Crippen LogP contribution in [0.4, 0.5) is 0 Å². The van der Waals surface area contributed by atoms with Crippen LogP contribution in [0.5, 0.6) is 5.75 Å². The molecule has 0 bridgehead atoms. The van der Waals surface area contributed by atoms with E-state index in [1.165, 1.54) is 19.3 Å². The molecule has 1 aliphatic rings. The summed E-state index contributed by atoms with van der Waals surface area (Å²) in [6.45, 7) is 0. The number of aliphatic hydroxyl groups excluding tert-OH is 1. The first-order valence-electron chi connectivity index (χ1n) is 6.19. The van der Waals surface area contributed by atoms with Crippen LogP contribution < -0.4 is 4.74 Å². The lowest BCUT2D eigenvalue weighted by atomic mass is 9.80. The van der Waals surface area contributed by atoms with Crippen molar-refractivity contribution in [2.24, 2.45) is 5.92 Å². The molecule has 1 aromatic carbocycles. The number of rotatable bonds is 5. The van der Waals surface area contributed by atoms with E-state index in [0.29, 0.717) is 6.42 Å². The van der Waals surface area contributed by atoms with Crippen LogP contribution in [0.15, 0.2) is 22.7 Å². The zero-order chi connectivity index (χ0) is 12.3. The molecule has 3 heteroatoms. The van der Waals surface area contributed by atoms with Crippen LogP contribution in [0.2, 0.25) is 0 Å². The molecule has 0 saturated heterocycles. The molecule has 0 spiro atoms. The Morgan fingerprint density at radius 2 is 2.24 bits per heavy atom. The van der Waals surface area contributed by atoms with Gasteiger partial charge in [0.05, 0.1) is 13.2 Å². The van der Waals surface area contributed by atoms with Gasteiger partial charge in [-0.15, -0.1) is 0 Å². The van der Waals surface area contributed by atoms with Crippen molar-refractivity contribution >= 4 is 15.9 Å². The van der Waals surface area contributed by atoms with Gasteiger partial charge in [-0.2, -0.15) is 0 Å². The molecule has 1 atom stereocenters. The van der Waals surface area contributed by atoms with Gasteiger partial charge in [0.25, 0.3) is 0 Å². The van der Waals surface area contributed by atoms with Gasteiger partial charge < -0.3 is 9.84 Å². The topological polar surface area (TPSA) is 29.5 Å². The number of benzene rings is 1. The second-order valence-corrected chi connectivity index (χ2v) is 5.76. The Morgan fingerprint density at radius 3 is 2.82 bits per heavy atom. The minimum atomic E-state index is -0.247. The van der Waals surface area contributed by atoms with Crippen molar-refractivity contribution in [2.45, 2.75) is 38.2 Å². The molecule has 0 aliphatic heterocycles. The van der Waals surface area contributed by atoms with E-state index in [0.717, 1.165) is 28.1 Å². The van der Waals surface area contributed by atoms with Gasteiger partial charge in [-0.05, 0) is 36.1 Å². The zero-order valence-electron chi connectivity index (χ0n) is 10.2. The van der Waals surface area contributed by atoms with Gasteiger partial charge >= 0.3 is 0 Å². The Kier molecular flexibility index (Phi) is 4.46.